The van der Waals surface area contributed by atoms with Crippen LogP contribution in [0.3, 0.4) is 0 Å². The minimum absolute atomic E-state index is 0.429. The molecular formula is C28H51NO. The Kier molecular flexibility index (Phi) is 8.35. The first-order chi connectivity index (χ1) is 14.3. The van der Waals surface area contributed by atoms with E-state index in [0.29, 0.717) is 17.3 Å². The summed E-state index contributed by atoms with van der Waals surface area (Å²) in [7, 11) is 0. The van der Waals surface area contributed by atoms with E-state index < -0.39 is 0 Å². The minimum atomic E-state index is 0.429. The molecule has 0 aromatic carbocycles. The van der Waals surface area contributed by atoms with Gasteiger partial charge in [-0.25, -0.2) is 0 Å². The van der Waals surface area contributed by atoms with Crippen LogP contribution < -0.4 is 0 Å². The van der Waals surface area contributed by atoms with E-state index in [9.17, 15) is 5.21 Å². The molecule has 0 aromatic rings. The summed E-state index contributed by atoms with van der Waals surface area (Å²) in [5.41, 5.74) is 1.65. The van der Waals surface area contributed by atoms with Gasteiger partial charge in [-0.3, -0.25) is 0 Å². The maximum Gasteiger partial charge on any atom is 0.0601 e. The maximum atomic E-state index is 9.51. The highest BCUT2D eigenvalue weighted by Gasteiger charge is 2.54. The summed E-state index contributed by atoms with van der Waals surface area (Å²) in [5.74, 6) is 6.59. The number of oxime groups is 1. The van der Waals surface area contributed by atoms with Crippen molar-refractivity contribution in [1.29, 1.82) is 0 Å². The lowest BCUT2D eigenvalue weighted by Gasteiger charge is -2.51. The van der Waals surface area contributed by atoms with E-state index in [1.54, 1.807) is 0 Å². The first-order valence-electron chi connectivity index (χ1n) is 13.5. The van der Waals surface area contributed by atoms with Crippen molar-refractivity contribution in [3.8, 4) is 0 Å². The van der Waals surface area contributed by atoms with Gasteiger partial charge in [-0.1, -0.05) is 66.0 Å². The van der Waals surface area contributed by atoms with Crippen molar-refractivity contribution in [1.82, 2.24) is 0 Å². The maximum absolute atomic E-state index is 9.51. The lowest BCUT2D eigenvalue weighted by atomic mass is 9.54. The van der Waals surface area contributed by atoms with E-state index in [4.69, 9.17) is 0 Å². The quantitative estimate of drug-likeness (QED) is 0.352. The Balaban J connectivity index is 1.69. The van der Waals surface area contributed by atoms with Crippen LogP contribution in [0.4, 0.5) is 0 Å². The number of fused-ring (bicyclic) bond motifs is 3. The largest absolute Gasteiger partial charge is 0.411 e. The van der Waals surface area contributed by atoms with Gasteiger partial charge in [-0.2, -0.15) is 0 Å². The van der Waals surface area contributed by atoms with E-state index in [-0.39, 0.29) is 0 Å². The minimum Gasteiger partial charge on any atom is -0.411 e. The zero-order valence-corrected chi connectivity index (χ0v) is 21.0. The third-order valence-corrected chi connectivity index (χ3v) is 10.3. The van der Waals surface area contributed by atoms with Crippen LogP contribution in [-0.2, 0) is 0 Å². The fourth-order valence-electron chi connectivity index (χ4n) is 8.13. The molecule has 3 fully saturated rings. The Labute approximate surface area is 187 Å². The lowest BCUT2D eigenvalue weighted by molar-refractivity contribution is -0.0135. The van der Waals surface area contributed by atoms with Crippen molar-refractivity contribution in [2.45, 2.75) is 119 Å². The van der Waals surface area contributed by atoms with Gasteiger partial charge in [-0.05, 0) is 105 Å². The summed E-state index contributed by atoms with van der Waals surface area (Å²) in [4.78, 5) is 0. The van der Waals surface area contributed by atoms with Crippen LogP contribution in [0, 0.1) is 52.8 Å². The number of hydrogen-bond acceptors (Lipinski definition) is 2. The van der Waals surface area contributed by atoms with Crippen LogP contribution in [-0.4, -0.2) is 10.9 Å². The molecule has 0 radical (unpaired) electrons. The van der Waals surface area contributed by atoms with Gasteiger partial charge in [0.25, 0.3) is 0 Å². The van der Waals surface area contributed by atoms with Crippen LogP contribution in [0.2, 0.25) is 0 Å². The second-order valence-electron chi connectivity index (χ2n) is 12.4. The molecule has 8 atom stereocenters. The van der Waals surface area contributed by atoms with Gasteiger partial charge in [0.2, 0.25) is 0 Å². The lowest BCUT2D eigenvalue weighted by Crippen LogP contribution is -2.43. The number of nitrogens with zero attached hydrogens (tertiary/aromatic N) is 1. The average molecular weight is 418 g/mol. The molecule has 0 aromatic heterocycles. The normalized spacial score (nSPS) is 42.7. The summed E-state index contributed by atoms with van der Waals surface area (Å²) < 4.78 is 0. The summed E-state index contributed by atoms with van der Waals surface area (Å²) >= 11 is 0. The van der Waals surface area contributed by atoms with Crippen LogP contribution in [0.5, 0.6) is 0 Å². The highest BCUT2D eigenvalue weighted by molar-refractivity contribution is 5.86. The van der Waals surface area contributed by atoms with Crippen LogP contribution in [0.15, 0.2) is 5.16 Å². The molecular weight excluding hydrogens is 366 g/mol. The third kappa shape index (κ3) is 5.09. The average Bonchev–Trinajstić information content (AvgIpc) is 3.06. The van der Waals surface area contributed by atoms with Crippen molar-refractivity contribution < 1.29 is 5.21 Å². The molecule has 0 heterocycles. The standard InChI is InChI=1S/C28H51NO/c1-19(2)9-7-10-21(4)25-15-16-26-24-14-13-20(3)22(5)27(29-30)12-8-11-23(24)17-18-28(25,26)6/h19-26,30H,7-18H2,1-6H3/b29-27+/t20-,21+,22-,23-,24+,25+,26-,28+/m0/s1. The van der Waals surface area contributed by atoms with Gasteiger partial charge < -0.3 is 5.21 Å². The third-order valence-electron chi connectivity index (χ3n) is 10.3. The number of hydrogen-bond donors (Lipinski definition) is 1. The monoisotopic (exact) mass is 417 g/mol. The topological polar surface area (TPSA) is 32.6 Å². The molecule has 30 heavy (non-hydrogen) atoms. The fraction of sp³-hybridized carbons (Fsp3) is 0.964. The van der Waals surface area contributed by atoms with Crippen molar-refractivity contribution in [2.75, 3.05) is 0 Å². The van der Waals surface area contributed by atoms with E-state index in [1.807, 2.05) is 0 Å². The summed E-state index contributed by atoms with van der Waals surface area (Å²) in [6, 6.07) is 0. The molecule has 3 rings (SSSR count). The molecule has 1 N–H and O–H groups in total. The summed E-state index contributed by atoms with van der Waals surface area (Å²) in [5, 5.41) is 13.2. The van der Waals surface area contributed by atoms with Crippen molar-refractivity contribution in [2.24, 2.45) is 57.9 Å². The molecule has 0 saturated heterocycles. The van der Waals surface area contributed by atoms with Gasteiger partial charge >= 0.3 is 0 Å². The van der Waals surface area contributed by atoms with E-state index in [0.717, 1.165) is 47.6 Å². The molecule has 2 nitrogen and oxygen atoms in total. The molecule has 0 spiro atoms. The van der Waals surface area contributed by atoms with Crippen molar-refractivity contribution >= 4 is 5.71 Å². The van der Waals surface area contributed by atoms with Gasteiger partial charge in [-0.15, -0.1) is 0 Å². The van der Waals surface area contributed by atoms with Gasteiger partial charge in [0, 0.05) is 5.92 Å². The Bertz CT molecular complexity index is 569. The zero-order valence-electron chi connectivity index (χ0n) is 21.0. The van der Waals surface area contributed by atoms with Gasteiger partial charge in [0.1, 0.15) is 0 Å². The molecule has 0 unspecified atom stereocenters. The Morgan fingerprint density at radius 1 is 1.00 bits per heavy atom. The Morgan fingerprint density at radius 3 is 2.47 bits per heavy atom. The van der Waals surface area contributed by atoms with Crippen LogP contribution >= 0.6 is 0 Å². The molecule has 0 aliphatic heterocycles. The highest BCUT2D eigenvalue weighted by atomic mass is 16.4. The van der Waals surface area contributed by atoms with Gasteiger partial charge in [0.05, 0.1) is 5.71 Å². The van der Waals surface area contributed by atoms with E-state index in [1.165, 1.54) is 70.6 Å². The molecule has 3 aliphatic carbocycles. The van der Waals surface area contributed by atoms with E-state index >= 15 is 0 Å². The molecule has 0 bridgehead atoms. The zero-order chi connectivity index (χ0) is 21.9. The first kappa shape index (κ1) is 24.1. The van der Waals surface area contributed by atoms with Crippen LogP contribution in [0.25, 0.3) is 0 Å². The van der Waals surface area contributed by atoms with Crippen molar-refractivity contribution in [3.05, 3.63) is 0 Å². The Morgan fingerprint density at radius 2 is 1.77 bits per heavy atom. The second kappa shape index (κ2) is 10.4. The fourth-order valence-corrected chi connectivity index (χ4v) is 8.13. The van der Waals surface area contributed by atoms with Crippen molar-refractivity contribution in [3.63, 3.8) is 0 Å². The SMILES string of the molecule is CC(C)CCC[C@@H](C)[C@H]1CC[C@H]2[C@@H]3CC[C@H](C)[C@H](C)/C(=N/O)CCC[C@H]3CC[C@]12C. The van der Waals surface area contributed by atoms with Crippen LogP contribution in [0.1, 0.15) is 119 Å². The first-order valence-corrected chi connectivity index (χ1v) is 13.5. The summed E-state index contributed by atoms with van der Waals surface area (Å²) in [6.07, 6.45) is 16.4. The molecule has 0 amide bonds. The second-order valence-corrected chi connectivity index (χ2v) is 12.4. The predicted octanol–water partition coefficient (Wildman–Crippen LogP) is 8.57. The predicted molar refractivity (Wildman–Crippen MR) is 129 cm³/mol. The van der Waals surface area contributed by atoms with Gasteiger partial charge in [0.15, 0.2) is 0 Å². The molecule has 3 aliphatic rings. The number of rotatable bonds is 5. The molecule has 3 saturated carbocycles. The Hall–Kier alpha value is -0.530. The smallest absolute Gasteiger partial charge is 0.0601 e. The molecule has 2 heteroatoms. The summed E-state index contributed by atoms with van der Waals surface area (Å²) in [6.45, 7) is 14.7. The highest BCUT2D eigenvalue weighted by Crippen LogP contribution is 2.62. The molecule has 174 valence electrons. The van der Waals surface area contributed by atoms with E-state index in [2.05, 4.69) is 46.7 Å².